The number of hydrogen-bond acceptors (Lipinski definition) is 6. The molecule has 0 saturated carbocycles. The number of rotatable bonds is 7. The van der Waals surface area contributed by atoms with Gasteiger partial charge in [-0.15, -0.1) is 0 Å². The lowest BCUT2D eigenvalue weighted by molar-refractivity contribution is -0.192. The first kappa shape index (κ1) is 18.8. The highest BCUT2D eigenvalue weighted by molar-refractivity contribution is 5.83. The van der Waals surface area contributed by atoms with Crippen LogP contribution in [0.15, 0.2) is 55.0 Å². The highest BCUT2D eigenvalue weighted by atomic mass is 16.7. The molecule has 0 amide bonds. The summed E-state index contributed by atoms with van der Waals surface area (Å²) in [6, 6.07) is 12.2. The number of hydrogen-bond donors (Lipinski definition) is 1. The van der Waals surface area contributed by atoms with Gasteiger partial charge in [0.25, 0.3) is 0 Å². The molecule has 2 aromatic heterocycles. The Hall–Kier alpha value is -2.54. The molecule has 6 nitrogen and oxygen atoms in total. The first-order chi connectivity index (χ1) is 13.8. The Morgan fingerprint density at radius 3 is 2.82 bits per heavy atom. The van der Waals surface area contributed by atoms with Gasteiger partial charge in [-0.25, -0.2) is 0 Å². The fraction of sp³-hybridized carbons (Fsp3) is 0.364. The number of nitrogens with zero attached hydrogens (tertiary/aromatic N) is 2. The summed E-state index contributed by atoms with van der Waals surface area (Å²) in [7, 11) is 1.68. The summed E-state index contributed by atoms with van der Waals surface area (Å²) in [5.74, 6) is 0.842. The van der Waals surface area contributed by atoms with Gasteiger partial charge in [0.05, 0.1) is 31.9 Å². The van der Waals surface area contributed by atoms with Crippen molar-refractivity contribution in [2.75, 3.05) is 20.3 Å². The Morgan fingerprint density at radius 2 is 2.04 bits per heavy atom. The van der Waals surface area contributed by atoms with E-state index in [0.29, 0.717) is 13.2 Å². The molecule has 0 unspecified atom stereocenters. The molecule has 1 aliphatic rings. The molecule has 1 fully saturated rings. The van der Waals surface area contributed by atoms with Crippen LogP contribution < -0.4 is 10.1 Å². The molecule has 0 aliphatic carbocycles. The van der Waals surface area contributed by atoms with Gasteiger partial charge in [0.2, 0.25) is 0 Å². The molecule has 28 heavy (non-hydrogen) atoms. The largest absolute Gasteiger partial charge is 0.497 e. The van der Waals surface area contributed by atoms with E-state index < -0.39 is 0 Å². The number of pyridine rings is 2. The van der Waals surface area contributed by atoms with E-state index in [2.05, 4.69) is 27.4 Å². The van der Waals surface area contributed by atoms with Crippen LogP contribution in [-0.2, 0) is 22.4 Å². The van der Waals surface area contributed by atoms with E-state index in [-0.39, 0.29) is 12.3 Å². The zero-order chi connectivity index (χ0) is 19.2. The fourth-order valence-electron chi connectivity index (χ4n) is 3.39. The lowest BCUT2D eigenvalue weighted by Crippen LogP contribution is -2.44. The third-order valence-corrected chi connectivity index (χ3v) is 4.97. The van der Waals surface area contributed by atoms with E-state index in [1.165, 1.54) is 5.56 Å². The van der Waals surface area contributed by atoms with Crippen LogP contribution in [0.25, 0.3) is 10.9 Å². The van der Waals surface area contributed by atoms with E-state index >= 15 is 0 Å². The van der Waals surface area contributed by atoms with Crippen molar-refractivity contribution < 1.29 is 14.2 Å². The molecule has 3 heterocycles. The second kappa shape index (κ2) is 9.10. The SMILES string of the molecule is COc1ccc2nccc(CCC3OCC(NCc4cccnc4)CO3)c2c1. The Morgan fingerprint density at radius 1 is 1.14 bits per heavy atom. The third-order valence-electron chi connectivity index (χ3n) is 4.97. The molecule has 0 atom stereocenters. The van der Waals surface area contributed by atoms with Crippen molar-refractivity contribution in [3.05, 3.63) is 66.1 Å². The molecule has 0 spiro atoms. The summed E-state index contributed by atoms with van der Waals surface area (Å²) in [5.41, 5.74) is 3.36. The smallest absolute Gasteiger partial charge is 0.158 e. The standard InChI is InChI=1S/C22H25N3O3/c1-26-19-5-6-21-20(11-19)17(8-10-24-21)4-7-22-27-14-18(15-28-22)25-13-16-3-2-9-23-12-16/h2-3,5-6,8-12,18,22,25H,4,7,13-15H2,1H3. The fourth-order valence-corrected chi connectivity index (χ4v) is 3.39. The number of methoxy groups -OCH3 is 1. The topological polar surface area (TPSA) is 65.5 Å². The van der Waals surface area contributed by atoms with Crippen molar-refractivity contribution in [1.29, 1.82) is 0 Å². The van der Waals surface area contributed by atoms with Gasteiger partial charge in [-0.1, -0.05) is 6.07 Å². The van der Waals surface area contributed by atoms with Crippen molar-refractivity contribution in [3.63, 3.8) is 0 Å². The van der Waals surface area contributed by atoms with Gasteiger partial charge in [0.15, 0.2) is 6.29 Å². The van der Waals surface area contributed by atoms with Gasteiger partial charge in [-0.2, -0.15) is 0 Å². The van der Waals surface area contributed by atoms with E-state index in [9.17, 15) is 0 Å². The molecule has 4 rings (SSSR count). The average Bonchev–Trinajstić information content (AvgIpc) is 2.77. The zero-order valence-corrected chi connectivity index (χ0v) is 16.0. The average molecular weight is 379 g/mol. The summed E-state index contributed by atoms with van der Waals surface area (Å²) in [5, 5.41) is 4.58. The summed E-state index contributed by atoms with van der Waals surface area (Å²) in [6.45, 7) is 2.06. The minimum Gasteiger partial charge on any atom is -0.497 e. The maximum absolute atomic E-state index is 5.92. The zero-order valence-electron chi connectivity index (χ0n) is 16.0. The molecule has 1 aromatic carbocycles. The van der Waals surface area contributed by atoms with Gasteiger partial charge in [-0.05, 0) is 47.9 Å². The molecular weight excluding hydrogens is 354 g/mol. The van der Waals surface area contributed by atoms with Crippen molar-refractivity contribution in [3.8, 4) is 5.75 Å². The van der Waals surface area contributed by atoms with E-state index in [0.717, 1.165) is 41.6 Å². The van der Waals surface area contributed by atoms with Crippen LogP contribution in [0, 0.1) is 0 Å². The summed E-state index contributed by atoms with van der Waals surface area (Å²) >= 11 is 0. The molecule has 1 aliphatic heterocycles. The first-order valence-electron chi connectivity index (χ1n) is 9.59. The molecule has 0 radical (unpaired) electrons. The second-order valence-electron chi connectivity index (χ2n) is 6.93. The molecule has 6 heteroatoms. The van der Waals surface area contributed by atoms with E-state index in [4.69, 9.17) is 14.2 Å². The first-order valence-corrected chi connectivity index (χ1v) is 9.59. The minimum absolute atomic E-state index is 0.176. The van der Waals surface area contributed by atoms with Gasteiger partial charge in [0.1, 0.15) is 5.75 Å². The van der Waals surface area contributed by atoms with Crippen molar-refractivity contribution in [1.82, 2.24) is 15.3 Å². The lowest BCUT2D eigenvalue weighted by Gasteiger charge is -2.30. The predicted octanol–water partition coefficient (Wildman–Crippen LogP) is 3.10. The number of ether oxygens (including phenoxy) is 3. The second-order valence-corrected chi connectivity index (χ2v) is 6.93. The number of nitrogens with one attached hydrogen (secondary N) is 1. The number of benzene rings is 1. The highest BCUT2D eigenvalue weighted by Gasteiger charge is 2.22. The normalized spacial score (nSPS) is 19.6. The van der Waals surface area contributed by atoms with Crippen LogP contribution in [0.4, 0.5) is 0 Å². The number of fused-ring (bicyclic) bond motifs is 1. The molecule has 3 aromatic rings. The Balaban J connectivity index is 1.28. The monoisotopic (exact) mass is 379 g/mol. The Labute approximate surface area is 164 Å². The van der Waals surface area contributed by atoms with Crippen LogP contribution >= 0.6 is 0 Å². The molecule has 146 valence electrons. The minimum atomic E-state index is -0.176. The number of aromatic nitrogens is 2. The van der Waals surface area contributed by atoms with E-state index in [1.54, 1.807) is 13.3 Å². The maximum atomic E-state index is 5.92. The summed E-state index contributed by atoms with van der Waals surface area (Å²) in [6.07, 6.45) is 7.00. The number of aryl methyl sites for hydroxylation is 1. The van der Waals surface area contributed by atoms with Crippen molar-refractivity contribution in [2.45, 2.75) is 31.7 Å². The van der Waals surface area contributed by atoms with Crippen LogP contribution in [0.5, 0.6) is 5.75 Å². The summed E-state index contributed by atoms with van der Waals surface area (Å²) < 4.78 is 17.2. The van der Waals surface area contributed by atoms with Gasteiger partial charge in [0, 0.05) is 36.9 Å². The third kappa shape index (κ3) is 4.65. The van der Waals surface area contributed by atoms with Gasteiger partial charge in [-0.3, -0.25) is 9.97 Å². The van der Waals surface area contributed by atoms with Crippen molar-refractivity contribution >= 4 is 10.9 Å². The lowest BCUT2D eigenvalue weighted by atomic mass is 10.0. The van der Waals surface area contributed by atoms with Gasteiger partial charge >= 0.3 is 0 Å². The molecule has 1 saturated heterocycles. The highest BCUT2D eigenvalue weighted by Crippen LogP contribution is 2.24. The summed E-state index contributed by atoms with van der Waals surface area (Å²) in [4.78, 5) is 8.57. The predicted molar refractivity (Wildman–Crippen MR) is 107 cm³/mol. The van der Waals surface area contributed by atoms with Gasteiger partial charge < -0.3 is 19.5 Å². The molecule has 0 bridgehead atoms. The Kier molecular flexibility index (Phi) is 6.11. The van der Waals surface area contributed by atoms with E-state index in [1.807, 2.05) is 36.7 Å². The quantitative estimate of drug-likeness (QED) is 0.681. The Bertz CT molecular complexity index is 896. The molecule has 1 N–H and O–H groups in total. The van der Waals surface area contributed by atoms with Crippen LogP contribution in [0.1, 0.15) is 17.5 Å². The maximum Gasteiger partial charge on any atom is 0.158 e. The van der Waals surface area contributed by atoms with Crippen LogP contribution in [0.2, 0.25) is 0 Å². The van der Waals surface area contributed by atoms with Crippen molar-refractivity contribution in [2.24, 2.45) is 0 Å². The van der Waals surface area contributed by atoms with Crippen LogP contribution in [-0.4, -0.2) is 42.6 Å². The molecular formula is C22H25N3O3. The van der Waals surface area contributed by atoms with Crippen LogP contribution in [0.3, 0.4) is 0 Å².